The molecule has 0 aliphatic rings. The van der Waals surface area contributed by atoms with Crippen molar-refractivity contribution in [1.29, 1.82) is 0 Å². The fourth-order valence-corrected chi connectivity index (χ4v) is 3.25. The molecule has 0 atom stereocenters. The number of carbonyl (C=O) groups is 1. The maximum atomic E-state index is 12.3. The van der Waals surface area contributed by atoms with Gasteiger partial charge < -0.3 is 19.9 Å². The van der Waals surface area contributed by atoms with Gasteiger partial charge in [0.15, 0.2) is 0 Å². The summed E-state index contributed by atoms with van der Waals surface area (Å²) in [7, 11) is 0. The average molecular weight is 427 g/mol. The molecule has 0 spiro atoms. The first-order chi connectivity index (χ1) is 15.7. The Hall–Kier alpha value is -3.90. The molecule has 162 valence electrons. The minimum atomic E-state index is -0.0809. The Morgan fingerprint density at radius 2 is 1.62 bits per heavy atom. The number of aryl methyl sites for hydroxylation is 1. The number of aromatic nitrogens is 2. The van der Waals surface area contributed by atoms with E-state index in [4.69, 9.17) is 4.74 Å². The van der Waals surface area contributed by atoms with Crippen LogP contribution in [0.15, 0.2) is 91.4 Å². The van der Waals surface area contributed by atoms with E-state index in [-0.39, 0.29) is 5.91 Å². The first-order valence-corrected chi connectivity index (χ1v) is 10.6. The molecule has 2 N–H and O–H groups in total. The summed E-state index contributed by atoms with van der Waals surface area (Å²) >= 11 is 0. The Morgan fingerprint density at radius 3 is 2.31 bits per heavy atom. The number of nitrogens with zero attached hydrogens (tertiary/aromatic N) is 2. The van der Waals surface area contributed by atoms with Gasteiger partial charge in [0.05, 0.1) is 12.0 Å². The van der Waals surface area contributed by atoms with Crippen molar-refractivity contribution >= 4 is 5.91 Å². The van der Waals surface area contributed by atoms with Gasteiger partial charge in [0, 0.05) is 37.1 Å². The van der Waals surface area contributed by atoms with Crippen LogP contribution in [0.25, 0.3) is 5.69 Å². The molecule has 6 heteroatoms. The van der Waals surface area contributed by atoms with Crippen molar-refractivity contribution in [2.24, 2.45) is 0 Å². The number of carbonyl (C=O) groups excluding carboxylic acids is 1. The largest absolute Gasteiger partial charge is 0.457 e. The van der Waals surface area contributed by atoms with Gasteiger partial charge in [-0.1, -0.05) is 30.3 Å². The first kappa shape index (κ1) is 21.3. The highest BCUT2D eigenvalue weighted by atomic mass is 16.5. The van der Waals surface area contributed by atoms with E-state index in [1.807, 2.05) is 96.6 Å². The van der Waals surface area contributed by atoms with E-state index in [9.17, 15) is 4.79 Å². The number of ether oxygens (including phenoxy) is 1. The van der Waals surface area contributed by atoms with Crippen molar-refractivity contribution in [3.63, 3.8) is 0 Å². The van der Waals surface area contributed by atoms with Gasteiger partial charge in [-0.3, -0.25) is 4.79 Å². The summed E-state index contributed by atoms with van der Waals surface area (Å²) in [6.45, 7) is 3.90. The fourth-order valence-electron chi connectivity index (χ4n) is 3.25. The lowest BCUT2D eigenvalue weighted by Crippen LogP contribution is -2.31. The highest BCUT2D eigenvalue weighted by Gasteiger charge is 2.05. The van der Waals surface area contributed by atoms with E-state index in [1.54, 1.807) is 6.33 Å². The van der Waals surface area contributed by atoms with E-state index >= 15 is 0 Å². The molecule has 0 bridgehead atoms. The number of para-hydroxylation sites is 1. The second-order valence-corrected chi connectivity index (χ2v) is 7.46. The Labute approximate surface area is 187 Å². The quantitative estimate of drug-likeness (QED) is 0.387. The van der Waals surface area contributed by atoms with Crippen molar-refractivity contribution < 1.29 is 9.53 Å². The predicted octanol–water partition coefficient (Wildman–Crippen LogP) is 4.49. The average Bonchev–Trinajstić information content (AvgIpc) is 3.27. The van der Waals surface area contributed by atoms with Crippen LogP contribution in [-0.4, -0.2) is 28.5 Å². The van der Waals surface area contributed by atoms with Crippen LogP contribution in [0.5, 0.6) is 11.5 Å². The molecule has 0 fully saturated rings. The molecule has 1 amide bonds. The Morgan fingerprint density at radius 1 is 0.906 bits per heavy atom. The molecule has 32 heavy (non-hydrogen) atoms. The maximum absolute atomic E-state index is 12.3. The number of hydrogen-bond donors (Lipinski definition) is 2. The normalized spacial score (nSPS) is 10.7. The van der Waals surface area contributed by atoms with Crippen LogP contribution in [-0.2, 0) is 6.54 Å². The van der Waals surface area contributed by atoms with E-state index in [0.717, 1.165) is 35.0 Å². The summed E-state index contributed by atoms with van der Waals surface area (Å²) in [5.41, 5.74) is 3.72. The number of imidazole rings is 1. The molecule has 0 saturated heterocycles. The minimum Gasteiger partial charge on any atom is -0.457 e. The molecule has 3 aromatic carbocycles. The van der Waals surface area contributed by atoms with Gasteiger partial charge in [-0.2, -0.15) is 0 Å². The molecule has 0 saturated carbocycles. The summed E-state index contributed by atoms with van der Waals surface area (Å²) in [6, 6.07) is 25.2. The minimum absolute atomic E-state index is 0.0809. The number of amides is 1. The molecular formula is C26H26N4O2. The Kier molecular flexibility index (Phi) is 6.94. The van der Waals surface area contributed by atoms with Gasteiger partial charge in [-0.15, -0.1) is 0 Å². The zero-order valence-electron chi connectivity index (χ0n) is 18.0. The van der Waals surface area contributed by atoms with E-state index in [1.165, 1.54) is 0 Å². The summed E-state index contributed by atoms with van der Waals surface area (Å²) < 4.78 is 7.74. The third-order valence-electron chi connectivity index (χ3n) is 4.96. The Bertz CT molecular complexity index is 1140. The van der Waals surface area contributed by atoms with Gasteiger partial charge in [0.1, 0.15) is 11.5 Å². The van der Waals surface area contributed by atoms with E-state index in [2.05, 4.69) is 15.6 Å². The van der Waals surface area contributed by atoms with Crippen LogP contribution in [0, 0.1) is 6.92 Å². The molecule has 6 nitrogen and oxygen atoms in total. The molecule has 0 aliphatic carbocycles. The van der Waals surface area contributed by atoms with E-state index in [0.29, 0.717) is 18.7 Å². The smallest absolute Gasteiger partial charge is 0.251 e. The highest BCUT2D eigenvalue weighted by molar-refractivity contribution is 5.94. The maximum Gasteiger partial charge on any atom is 0.251 e. The van der Waals surface area contributed by atoms with Crippen molar-refractivity contribution in [3.8, 4) is 17.2 Å². The predicted molar refractivity (Wildman–Crippen MR) is 125 cm³/mol. The third-order valence-corrected chi connectivity index (χ3v) is 4.96. The topological polar surface area (TPSA) is 68.2 Å². The molecule has 4 rings (SSSR count). The zero-order chi connectivity index (χ0) is 22.2. The number of benzene rings is 3. The molecule has 1 aromatic heterocycles. The highest BCUT2D eigenvalue weighted by Crippen LogP contribution is 2.21. The summed E-state index contributed by atoms with van der Waals surface area (Å²) in [5, 5.41) is 6.29. The lowest BCUT2D eigenvalue weighted by atomic mass is 10.2. The van der Waals surface area contributed by atoms with E-state index < -0.39 is 0 Å². The first-order valence-electron chi connectivity index (χ1n) is 10.6. The molecule has 0 aliphatic heterocycles. The molecule has 0 unspecified atom stereocenters. The lowest BCUT2D eigenvalue weighted by Gasteiger charge is -2.09. The van der Waals surface area contributed by atoms with Crippen LogP contribution in [0.1, 0.15) is 21.6 Å². The van der Waals surface area contributed by atoms with Gasteiger partial charge in [-0.05, 0) is 61.0 Å². The second kappa shape index (κ2) is 10.4. The fraction of sp³-hybridized carbons (Fsp3) is 0.154. The van der Waals surface area contributed by atoms with Gasteiger partial charge in [0.2, 0.25) is 0 Å². The van der Waals surface area contributed by atoms with Crippen LogP contribution >= 0.6 is 0 Å². The molecule has 4 aromatic rings. The Balaban J connectivity index is 1.17. The summed E-state index contributed by atoms with van der Waals surface area (Å²) in [4.78, 5) is 16.6. The number of nitrogens with one attached hydrogen (secondary N) is 2. The van der Waals surface area contributed by atoms with Crippen LogP contribution in [0.4, 0.5) is 0 Å². The lowest BCUT2D eigenvalue weighted by molar-refractivity contribution is 0.0954. The summed E-state index contributed by atoms with van der Waals surface area (Å²) in [5.74, 6) is 1.55. The summed E-state index contributed by atoms with van der Waals surface area (Å²) in [6.07, 6.45) is 3.71. The van der Waals surface area contributed by atoms with Gasteiger partial charge in [-0.25, -0.2) is 4.98 Å². The zero-order valence-corrected chi connectivity index (χ0v) is 18.0. The van der Waals surface area contributed by atoms with Crippen molar-refractivity contribution in [2.75, 3.05) is 13.1 Å². The monoisotopic (exact) mass is 426 g/mol. The number of hydrogen-bond acceptors (Lipinski definition) is 4. The standard InChI is InChI=1S/C26H26N4O2/c1-20-18-30(19-29-20)23-11-9-22(10-12-23)26(31)28-16-15-27-17-21-7-13-25(14-8-21)32-24-5-3-2-4-6-24/h2-14,18-19,27H,15-17H2,1H3,(H,28,31). The van der Waals surface area contributed by atoms with Crippen LogP contribution in [0.3, 0.4) is 0 Å². The SMILES string of the molecule is Cc1cn(-c2ccc(C(=O)NCCNCc3ccc(Oc4ccccc4)cc3)cc2)cn1. The van der Waals surface area contributed by atoms with Crippen molar-refractivity contribution in [2.45, 2.75) is 13.5 Å². The molecule has 1 heterocycles. The molecular weight excluding hydrogens is 400 g/mol. The third kappa shape index (κ3) is 5.83. The van der Waals surface area contributed by atoms with Crippen LogP contribution < -0.4 is 15.4 Å². The van der Waals surface area contributed by atoms with Gasteiger partial charge in [0.25, 0.3) is 5.91 Å². The van der Waals surface area contributed by atoms with Crippen molar-refractivity contribution in [3.05, 3.63) is 108 Å². The van der Waals surface area contributed by atoms with Crippen LogP contribution in [0.2, 0.25) is 0 Å². The van der Waals surface area contributed by atoms with Crippen molar-refractivity contribution in [1.82, 2.24) is 20.2 Å². The molecule has 0 radical (unpaired) electrons. The van der Waals surface area contributed by atoms with Gasteiger partial charge >= 0.3 is 0 Å². The number of rotatable bonds is 9. The second-order valence-electron chi connectivity index (χ2n) is 7.46.